The van der Waals surface area contributed by atoms with Gasteiger partial charge in [-0.15, -0.1) is 0 Å². The maximum absolute atomic E-state index is 12.3. The second-order valence-corrected chi connectivity index (χ2v) is 6.39. The Balaban J connectivity index is 2.12. The van der Waals surface area contributed by atoms with E-state index in [0.29, 0.717) is 16.9 Å². The van der Waals surface area contributed by atoms with Crippen LogP contribution in [0.2, 0.25) is 0 Å². The highest BCUT2D eigenvalue weighted by Gasteiger charge is 2.33. The normalized spacial score (nSPS) is 16.4. The van der Waals surface area contributed by atoms with Crippen molar-refractivity contribution < 1.29 is 14.7 Å². The van der Waals surface area contributed by atoms with Gasteiger partial charge in [0.1, 0.15) is 5.75 Å². The van der Waals surface area contributed by atoms with Crippen molar-refractivity contribution in [3.8, 4) is 5.75 Å². The Labute approximate surface area is 138 Å². The highest BCUT2D eigenvalue weighted by atomic mass is 32.2. The van der Waals surface area contributed by atoms with Crippen molar-refractivity contribution in [2.45, 2.75) is 26.2 Å². The fourth-order valence-electron chi connectivity index (χ4n) is 1.83. The number of thioether (sulfide) groups is 1. The maximum atomic E-state index is 12.3. The van der Waals surface area contributed by atoms with Gasteiger partial charge in [-0.1, -0.05) is 43.3 Å². The van der Waals surface area contributed by atoms with Crippen LogP contribution < -0.4 is 5.43 Å². The van der Waals surface area contributed by atoms with Gasteiger partial charge in [-0.25, -0.2) is 0 Å². The molecule has 0 aromatic heterocycles. The van der Waals surface area contributed by atoms with Gasteiger partial charge >= 0.3 is 0 Å². The SMILES string of the molecule is CCCCC(=O)NN1C(=O)/C(=C\c2ccccc2O)SC1=S. The van der Waals surface area contributed by atoms with Gasteiger partial charge in [0.15, 0.2) is 4.32 Å². The molecule has 2 N–H and O–H groups in total. The summed E-state index contributed by atoms with van der Waals surface area (Å²) in [4.78, 5) is 24.4. The largest absolute Gasteiger partial charge is 0.507 e. The summed E-state index contributed by atoms with van der Waals surface area (Å²) in [7, 11) is 0. The van der Waals surface area contributed by atoms with Crippen LogP contribution >= 0.6 is 24.0 Å². The maximum Gasteiger partial charge on any atom is 0.285 e. The van der Waals surface area contributed by atoms with E-state index in [-0.39, 0.29) is 21.9 Å². The fraction of sp³-hybridized carbons (Fsp3) is 0.267. The predicted octanol–water partition coefficient (Wildman–Crippen LogP) is 2.81. The van der Waals surface area contributed by atoms with Gasteiger partial charge in [0.05, 0.1) is 4.91 Å². The van der Waals surface area contributed by atoms with Crippen LogP contribution in [0.25, 0.3) is 6.08 Å². The van der Waals surface area contributed by atoms with Crippen molar-refractivity contribution in [1.29, 1.82) is 0 Å². The monoisotopic (exact) mass is 336 g/mol. The lowest BCUT2D eigenvalue weighted by Crippen LogP contribution is -2.44. The zero-order valence-electron chi connectivity index (χ0n) is 12.0. The number of carbonyl (C=O) groups excluding carboxylic acids is 2. The highest BCUT2D eigenvalue weighted by molar-refractivity contribution is 8.26. The molecule has 0 bridgehead atoms. The number of hydrazine groups is 1. The molecule has 22 heavy (non-hydrogen) atoms. The Morgan fingerprint density at radius 2 is 2.18 bits per heavy atom. The third-order valence-corrected chi connectivity index (χ3v) is 4.31. The number of amides is 2. The number of hydrogen-bond donors (Lipinski definition) is 2. The summed E-state index contributed by atoms with van der Waals surface area (Å²) >= 11 is 6.22. The van der Waals surface area contributed by atoms with E-state index in [0.717, 1.165) is 29.6 Å². The average molecular weight is 336 g/mol. The van der Waals surface area contributed by atoms with E-state index < -0.39 is 0 Å². The Hall–Kier alpha value is -1.86. The first kappa shape index (κ1) is 16.5. The molecule has 2 rings (SSSR count). The van der Waals surface area contributed by atoms with Crippen LogP contribution in [-0.4, -0.2) is 26.3 Å². The summed E-state index contributed by atoms with van der Waals surface area (Å²) in [5, 5.41) is 10.8. The van der Waals surface area contributed by atoms with E-state index in [1.165, 1.54) is 0 Å². The molecule has 1 aliphatic heterocycles. The first-order chi connectivity index (χ1) is 10.5. The van der Waals surface area contributed by atoms with Crippen molar-refractivity contribution in [3.63, 3.8) is 0 Å². The molecule has 1 aromatic rings. The molecule has 7 heteroatoms. The Bertz CT molecular complexity index is 643. The highest BCUT2D eigenvalue weighted by Crippen LogP contribution is 2.32. The molecule has 1 aliphatic rings. The molecule has 0 aliphatic carbocycles. The number of phenols is 1. The number of nitrogens with one attached hydrogen (secondary N) is 1. The van der Waals surface area contributed by atoms with Crippen LogP contribution in [0.1, 0.15) is 31.7 Å². The summed E-state index contributed by atoms with van der Waals surface area (Å²) in [5.41, 5.74) is 3.05. The molecule has 0 spiro atoms. The average Bonchev–Trinajstić information content (AvgIpc) is 2.75. The summed E-state index contributed by atoms with van der Waals surface area (Å²) in [6.45, 7) is 1.99. The number of unbranched alkanes of at least 4 members (excludes halogenated alkanes) is 1. The molecule has 1 heterocycles. The zero-order valence-corrected chi connectivity index (χ0v) is 13.7. The minimum Gasteiger partial charge on any atom is -0.507 e. The molecule has 2 amide bonds. The lowest BCUT2D eigenvalue weighted by molar-refractivity contribution is -0.133. The Kier molecular flexibility index (Phi) is 5.57. The second kappa shape index (κ2) is 7.42. The number of aromatic hydroxyl groups is 1. The lowest BCUT2D eigenvalue weighted by atomic mass is 10.2. The second-order valence-electron chi connectivity index (χ2n) is 4.71. The van der Waals surface area contributed by atoms with Crippen LogP contribution in [0, 0.1) is 0 Å². The quantitative estimate of drug-likeness (QED) is 0.639. The fourth-order valence-corrected chi connectivity index (χ4v) is 3.00. The molecule has 0 saturated carbocycles. The number of nitrogens with zero attached hydrogens (tertiary/aromatic N) is 1. The third kappa shape index (κ3) is 3.86. The van der Waals surface area contributed by atoms with Crippen LogP contribution in [0.4, 0.5) is 0 Å². The minimum atomic E-state index is -0.386. The number of rotatable bonds is 5. The number of carbonyl (C=O) groups is 2. The van der Waals surface area contributed by atoms with Crippen LogP contribution in [0.15, 0.2) is 29.2 Å². The molecule has 116 valence electrons. The van der Waals surface area contributed by atoms with Crippen LogP contribution in [0.5, 0.6) is 5.75 Å². The first-order valence-electron chi connectivity index (χ1n) is 6.88. The lowest BCUT2D eigenvalue weighted by Gasteiger charge is -2.15. The van der Waals surface area contributed by atoms with Crippen molar-refractivity contribution in [2.75, 3.05) is 0 Å². The molecule has 5 nitrogen and oxygen atoms in total. The number of phenolic OH excluding ortho intramolecular Hbond substituents is 1. The van der Waals surface area contributed by atoms with Gasteiger partial charge in [-0.05, 0) is 30.8 Å². The molecule has 1 aromatic carbocycles. The van der Waals surface area contributed by atoms with Gasteiger partial charge in [0.25, 0.3) is 5.91 Å². The number of thiocarbonyl (C=S) groups is 1. The summed E-state index contributed by atoms with van der Waals surface area (Å²) in [5.74, 6) is -0.537. The molecule has 0 unspecified atom stereocenters. The van der Waals surface area contributed by atoms with E-state index in [1.807, 2.05) is 6.92 Å². The summed E-state index contributed by atoms with van der Waals surface area (Å²) < 4.78 is 0.275. The molecule has 1 saturated heterocycles. The number of para-hydroxylation sites is 1. The van der Waals surface area contributed by atoms with Crippen molar-refractivity contribution in [3.05, 3.63) is 34.7 Å². The smallest absolute Gasteiger partial charge is 0.285 e. The van der Waals surface area contributed by atoms with Crippen molar-refractivity contribution in [1.82, 2.24) is 10.4 Å². The van der Waals surface area contributed by atoms with Crippen molar-refractivity contribution >= 4 is 46.2 Å². The van der Waals surface area contributed by atoms with Gasteiger partial charge in [-0.2, -0.15) is 5.01 Å². The molecular weight excluding hydrogens is 320 g/mol. The standard InChI is InChI=1S/C15H16N2O3S2/c1-2-3-8-13(19)16-17-14(20)12(22-15(17)21)9-10-6-4-5-7-11(10)18/h4-7,9,18H,2-3,8H2,1H3,(H,16,19)/b12-9+. The van der Waals surface area contributed by atoms with Gasteiger partial charge in [-0.3, -0.25) is 15.0 Å². The molecule has 0 atom stereocenters. The van der Waals surface area contributed by atoms with Gasteiger partial charge in [0, 0.05) is 12.0 Å². The van der Waals surface area contributed by atoms with E-state index >= 15 is 0 Å². The molecule has 1 fully saturated rings. The van der Waals surface area contributed by atoms with E-state index in [4.69, 9.17) is 12.2 Å². The Morgan fingerprint density at radius 1 is 1.45 bits per heavy atom. The number of benzene rings is 1. The first-order valence-corrected chi connectivity index (χ1v) is 8.11. The summed E-state index contributed by atoms with van der Waals surface area (Å²) in [6.07, 6.45) is 3.58. The summed E-state index contributed by atoms with van der Waals surface area (Å²) in [6, 6.07) is 6.70. The predicted molar refractivity (Wildman–Crippen MR) is 90.8 cm³/mol. The Morgan fingerprint density at radius 3 is 2.86 bits per heavy atom. The molecule has 0 radical (unpaired) electrons. The van der Waals surface area contributed by atoms with Crippen LogP contribution in [-0.2, 0) is 9.59 Å². The van der Waals surface area contributed by atoms with E-state index in [9.17, 15) is 14.7 Å². The third-order valence-electron chi connectivity index (χ3n) is 3.01. The van der Waals surface area contributed by atoms with Gasteiger partial charge in [0.2, 0.25) is 5.91 Å². The molecular formula is C15H16N2O3S2. The van der Waals surface area contributed by atoms with Crippen LogP contribution in [0.3, 0.4) is 0 Å². The minimum absolute atomic E-state index is 0.0831. The van der Waals surface area contributed by atoms with Gasteiger partial charge < -0.3 is 5.11 Å². The topological polar surface area (TPSA) is 69.6 Å². The van der Waals surface area contributed by atoms with Crippen molar-refractivity contribution in [2.24, 2.45) is 0 Å². The number of hydrogen-bond acceptors (Lipinski definition) is 5. The van der Waals surface area contributed by atoms with E-state index in [1.54, 1.807) is 30.3 Å². The zero-order chi connectivity index (χ0) is 16.1. The van der Waals surface area contributed by atoms with E-state index in [2.05, 4.69) is 5.43 Å².